The van der Waals surface area contributed by atoms with E-state index in [0.29, 0.717) is 0 Å². The number of nitrogens with zero attached hydrogens (tertiary/aromatic N) is 2. The van der Waals surface area contributed by atoms with Gasteiger partial charge in [-0.3, -0.25) is 0 Å². The first-order valence-corrected chi connectivity index (χ1v) is 11.6. The topological polar surface area (TPSA) is 15.7 Å². The van der Waals surface area contributed by atoms with E-state index in [0.717, 1.165) is 11.8 Å². The van der Waals surface area contributed by atoms with Crippen LogP contribution in [-0.4, -0.2) is 71.3 Å². The Labute approximate surface area is 159 Å². The zero-order chi connectivity index (χ0) is 18.4. The minimum atomic E-state index is -1.16. The maximum absolute atomic E-state index is 5.58. The van der Waals surface area contributed by atoms with E-state index >= 15 is 0 Å². The molecule has 0 aromatic heterocycles. The van der Waals surface area contributed by atoms with Gasteiger partial charge in [-0.2, -0.15) is 0 Å². The van der Waals surface area contributed by atoms with Crippen molar-refractivity contribution in [2.24, 2.45) is 0 Å². The lowest BCUT2D eigenvalue weighted by atomic mass is 10.00. The van der Waals surface area contributed by atoms with Gasteiger partial charge in [0.15, 0.2) is 0 Å². The van der Waals surface area contributed by atoms with Crippen molar-refractivity contribution in [2.45, 2.75) is 0 Å². The van der Waals surface area contributed by atoms with Crippen LogP contribution in [0, 0.1) is 0 Å². The lowest BCUT2D eigenvalue weighted by molar-refractivity contribution is 0.169. The number of piperazine rings is 1. The van der Waals surface area contributed by atoms with Crippen LogP contribution in [0.5, 0.6) is 0 Å². The Kier molecular flexibility index (Phi) is 6.80. The van der Waals surface area contributed by atoms with Crippen molar-refractivity contribution in [2.75, 3.05) is 52.7 Å². The van der Waals surface area contributed by atoms with Crippen LogP contribution in [0.3, 0.4) is 0 Å². The number of methoxy groups -OCH3 is 1. The van der Waals surface area contributed by atoms with Crippen molar-refractivity contribution in [3.8, 4) is 0 Å². The lowest BCUT2D eigenvalue weighted by Crippen LogP contribution is -2.52. The van der Waals surface area contributed by atoms with Crippen molar-refractivity contribution < 1.29 is 4.74 Å². The summed E-state index contributed by atoms with van der Waals surface area (Å²) in [6.45, 7) is 8.97. The zero-order valence-electron chi connectivity index (χ0n) is 16.0. The molecule has 1 aliphatic rings. The first-order valence-electron chi connectivity index (χ1n) is 9.42. The van der Waals surface area contributed by atoms with Crippen molar-refractivity contribution in [3.05, 3.63) is 72.3 Å². The summed E-state index contributed by atoms with van der Waals surface area (Å²) in [4.78, 5) is 5.03. The highest BCUT2D eigenvalue weighted by molar-refractivity contribution is 6.73. The Morgan fingerprint density at radius 2 is 1.58 bits per heavy atom. The van der Waals surface area contributed by atoms with E-state index in [4.69, 9.17) is 4.74 Å². The van der Waals surface area contributed by atoms with Crippen LogP contribution < -0.4 is 5.19 Å². The number of ether oxygens (including phenoxy) is 1. The van der Waals surface area contributed by atoms with E-state index in [1.807, 2.05) is 13.2 Å². The molecule has 0 N–H and O–H groups in total. The fourth-order valence-electron chi connectivity index (χ4n) is 3.56. The molecule has 0 aliphatic carbocycles. The second kappa shape index (κ2) is 9.28. The number of benzene rings is 2. The Balaban J connectivity index is 1.69. The number of hydrogen-bond donors (Lipinski definition) is 0. The Morgan fingerprint density at radius 1 is 0.962 bits per heavy atom. The molecule has 26 heavy (non-hydrogen) atoms. The smallest absolute Gasteiger partial charge is 0.114 e. The predicted molar refractivity (Wildman–Crippen MR) is 114 cm³/mol. The standard InChI is InChI=1S/C22H30N2OSi/c1-19(20-7-5-4-6-8-20)21-9-11-22(12-10-21)26(18-25-3)17-24-15-13-23(2)14-16-24/h4-12,26H,1,13-18H2,2-3H3. The molecule has 4 heteroatoms. The van der Waals surface area contributed by atoms with Crippen LogP contribution in [0.4, 0.5) is 0 Å². The van der Waals surface area contributed by atoms with Gasteiger partial charge in [-0.15, -0.1) is 0 Å². The minimum absolute atomic E-state index is 0.894. The molecular formula is C22H30N2OSi. The molecule has 0 bridgehead atoms. The molecule has 1 fully saturated rings. The fraction of sp³-hybridized carbons (Fsp3) is 0.364. The Morgan fingerprint density at radius 3 is 2.19 bits per heavy atom. The first kappa shape index (κ1) is 19.0. The molecule has 2 aromatic rings. The van der Waals surface area contributed by atoms with Gasteiger partial charge in [0.1, 0.15) is 8.80 Å². The summed E-state index contributed by atoms with van der Waals surface area (Å²) in [5, 5.41) is 1.48. The largest absolute Gasteiger partial charge is 0.388 e. The van der Waals surface area contributed by atoms with E-state index in [1.54, 1.807) is 0 Å². The summed E-state index contributed by atoms with van der Waals surface area (Å²) >= 11 is 0. The average Bonchev–Trinajstić information content (AvgIpc) is 2.69. The number of rotatable bonds is 7. The van der Waals surface area contributed by atoms with Crippen LogP contribution >= 0.6 is 0 Å². The van der Waals surface area contributed by atoms with Gasteiger partial charge in [0, 0.05) is 39.5 Å². The van der Waals surface area contributed by atoms with Gasteiger partial charge in [0.25, 0.3) is 0 Å². The summed E-state index contributed by atoms with van der Waals surface area (Å²) in [5.41, 5.74) is 3.47. The molecule has 3 nitrogen and oxygen atoms in total. The van der Waals surface area contributed by atoms with Gasteiger partial charge in [0.05, 0.1) is 0 Å². The van der Waals surface area contributed by atoms with E-state index in [1.165, 1.54) is 48.7 Å². The molecular weight excluding hydrogens is 336 g/mol. The summed E-state index contributed by atoms with van der Waals surface area (Å²) in [6.07, 6.45) is 2.09. The highest BCUT2D eigenvalue weighted by atomic mass is 28.3. The van der Waals surface area contributed by atoms with Crippen molar-refractivity contribution >= 4 is 19.6 Å². The number of hydrogen-bond acceptors (Lipinski definition) is 3. The van der Waals surface area contributed by atoms with Gasteiger partial charge in [-0.1, -0.05) is 66.4 Å². The molecule has 0 spiro atoms. The summed E-state index contributed by atoms with van der Waals surface area (Å²) in [5.74, 6) is 0. The summed E-state index contributed by atoms with van der Waals surface area (Å²) in [7, 11) is 2.88. The van der Waals surface area contributed by atoms with Gasteiger partial charge >= 0.3 is 0 Å². The maximum atomic E-state index is 5.58. The minimum Gasteiger partial charge on any atom is -0.388 e. The van der Waals surface area contributed by atoms with Gasteiger partial charge in [-0.05, 0) is 29.9 Å². The predicted octanol–water partition coefficient (Wildman–Crippen LogP) is 2.15. The third kappa shape index (κ3) is 4.92. The highest BCUT2D eigenvalue weighted by Crippen LogP contribution is 2.20. The van der Waals surface area contributed by atoms with E-state index in [9.17, 15) is 0 Å². The van der Waals surface area contributed by atoms with Gasteiger partial charge in [0.2, 0.25) is 0 Å². The van der Waals surface area contributed by atoms with Crippen LogP contribution in [0.2, 0.25) is 0 Å². The molecule has 0 radical (unpaired) electrons. The molecule has 1 aliphatic heterocycles. The molecule has 1 heterocycles. The molecule has 0 saturated carbocycles. The maximum Gasteiger partial charge on any atom is 0.114 e. The average molecular weight is 367 g/mol. The van der Waals surface area contributed by atoms with Crippen molar-refractivity contribution in [3.63, 3.8) is 0 Å². The van der Waals surface area contributed by atoms with Crippen LogP contribution in [0.1, 0.15) is 11.1 Å². The van der Waals surface area contributed by atoms with Gasteiger partial charge < -0.3 is 14.5 Å². The Hall–Kier alpha value is -1.72. The Bertz CT molecular complexity index is 694. The molecule has 1 unspecified atom stereocenters. The normalized spacial score (nSPS) is 17.2. The lowest BCUT2D eigenvalue weighted by Gasteiger charge is -2.34. The second-order valence-corrected chi connectivity index (χ2v) is 9.98. The first-order chi connectivity index (χ1) is 12.7. The van der Waals surface area contributed by atoms with Crippen molar-refractivity contribution in [1.29, 1.82) is 0 Å². The zero-order valence-corrected chi connectivity index (χ0v) is 17.2. The quantitative estimate of drug-likeness (QED) is 0.699. The van der Waals surface area contributed by atoms with Crippen LogP contribution in [0.15, 0.2) is 61.2 Å². The summed E-state index contributed by atoms with van der Waals surface area (Å²) < 4.78 is 5.58. The van der Waals surface area contributed by atoms with E-state index in [2.05, 4.69) is 72.0 Å². The van der Waals surface area contributed by atoms with Crippen molar-refractivity contribution in [1.82, 2.24) is 9.80 Å². The fourth-order valence-corrected chi connectivity index (χ4v) is 6.20. The molecule has 1 saturated heterocycles. The second-order valence-electron chi connectivity index (χ2n) is 7.22. The monoisotopic (exact) mass is 366 g/mol. The molecule has 0 amide bonds. The highest BCUT2D eigenvalue weighted by Gasteiger charge is 2.21. The summed E-state index contributed by atoms with van der Waals surface area (Å²) in [6, 6.07) is 19.5. The molecule has 3 rings (SSSR count). The molecule has 2 aromatic carbocycles. The van der Waals surface area contributed by atoms with E-state index < -0.39 is 8.80 Å². The molecule has 138 valence electrons. The molecule has 1 atom stereocenters. The van der Waals surface area contributed by atoms with Gasteiger partial charge in [-0.25, -0.2) is 0 Å². The van der Waals surface area contributed by atoms with Crippen LogP contribution in [-0.2, 0) is 4.74 Å². The third-order valence-corrected chi connectivity index (χ3v) is 8.32. The third-order valence-electron chi connectivity index (χ3n) is 5.30. The van der Waals surface area contributed by atoms with Crippen LogP contribution in [0.25, 0.3) is 5.57 Å². The van der Waals surface area contributed by atoms with E-state index in [-0.39, 0.29) is 0 Å². The number of likely N-dealkylation sites (N-methyl/N-ethyl adjacent to an activating group) is 1. The SMILES string of the molecule is C=C(c1ccccc1)c1ccc([SiH](COC)CN2CCN(C)CC2)cc1.